The topological polar surface area (TPSA) is 72.6 Å². The number of benzene rings is 1. The first kappa shape index (κ1) is 9.54. The van der Waals surface area contributed by atoms with Crippen molar-refractivity contribution in [2.45, 2.75) is 6.10 Å². The number of hydrogen-bond acceptors (Lipinski definition) is 4. The molecule has 0 aliphatic heterocycles. The summed E-state index contributed by atoms with van der Waals surface area (Å²) in [6.07, 6.45) is 0.206. The molecule has 0 heterocycles. The monoisotopic (exact) mass is 180 g/mol. The van der Waals surface area contributed by atoms with E-state index in [-0.39, 0.29) is 6.61 Å². The second-order valence-electron chi connectivity index (χ2n) is 2.51. The van der Waals surface area contributed by atoms with E-state index in [1.165, 1.54) is 6.29 Å². The zero-order valence-electron chi connectivity index (χ0n) is 6.93. The SMILES string of the molecule is Nc1ccc(OCC(O)[C]=O)cc1. The van der Waals surface area contributed by atoms with Crippen LogP contribution in [0, 0.1) is 0 Å². The van der Waals surface area contributed by atoms with E-state index in [2.05, 4.69) is 0 Å². The lowest BCUT2D eigenvalue weighted by molar-refractivity contribution is 0.155. The second-order valence-corrected chi connectivity index (χ2v) is 2.51. The molecule has 1 radical (unpaired) electrons. The van der Waals surface area contributed by atoms with Crippen LogP contribution in [0.2, 0.25) is 0 Å². The number of nitrogen functional groups attached to an aromatic ring is 1. The quantitative estimate of drug-likeness (QED) is 0.645. The fourth-order valence-electron chi connectivity index (χ4n) is 0.773. The van der Waals surface area contributed by atoms with E-state index in [1.54, 1.807) is 24.3 Å². The van der Waals surface area contributed by atoms with Gasteiger partial charge in [0.15, 0.2) is 6.10 Å². The van der Waals surface area contributed by atoms with Crippen molar-refractivity contribution in [3.63, 3.8) is 0 Å². The van der Waals surface area contributed by atoms with Gasteiger partial charge in [-0.3, -0.25) is 4.79 Å². The molecule has 1 aromatic rings. The molecular weight excluding hydrogens is 170 g/mol. The van der Waals surface area contributed by atoms with E-state index in [1.807, 2.05) is 0 Å². The van der Waals surface area contributed by atoms with Gasteiger partial charge in [0.2, 0.25) is 6.29 Å². The summed E-state index contributed by atoms with van der Waals surface area (Å²) in [5.74, 6) is 0.559. The van der Waals surface area contributed by atoms with E-state index in [0.717, 1.165) is 0 Å². The van der Waals surface area contributed by atoms with Gasteiger partial charge in [0, 0.05) is 5.69 Å². The number of anilines is 1. The Bertz CT molecular complexity index is 271. The summed E-state index contributed by atoms with van der Waals surface area (Å²) in [6, 6.07) is 6.67. The van der Waals surface area contributed by atoms with E-state index < -0.39 is 6.10 Å². The van der Waals surface area contributed by atoms with E-state index >= 15 is 0 Å². The van der Waals surface area contributed by atoms with E-state index in [9.17, 15) is 4.79 Å². The third-order valence-corrected chi connectivity index (χ3v) is 1.42. The van der Waals surface area contributed by atoms with Crippen LogP contribution in [-0.4, -0.2) is 24.1 Å². The van der Waals surface area contributed by atoms with E-state index in [0.29, 0.717) is 11.4 Å². The summed E-state index contributed by atoms with van der Waals surface area (Å²) in [6.45, 7) is -0.0899. The zero-order valence-corrected chi connectivity index (χ0v) is 6.93. The molecule has 13 heavy (non-hydrogen) atoms. The minimum atomic E-state index is -1.20. The van der Waals surface area contributed by atoms with Crippen LogP contribution in [0.4, 0.5) is 5.69 Å². The fourth-order valence-corrected chi connectivity index (χ4v) is 0.773. The molecule has 0 aliphatic rings. The van der Waals surface area contributed by atoms with Gasteiger partial charge in [0.05, 0.1) is 0 Å². The standard InChI is InChI=1S/C9H10NO3/c10-7-1-3-9(4-2-7)13-6-8(12)5-11/h1-4,8,12H,6,10H2. The van der Waals surface area contributed by atoms with Crippen LogP contribution in [-0.2, 0) is 4.79 Å². The Morgan fingerprint density at radius 2 is 2.08 bits per heavy atom. The maximum absolute atomic E-state index is 9.91. The van der Waals surface area contributed by atoms with Gasteiger partial charge in [-0.25, -0.2) is 0 Å². The minimum Gasteiger partial charge on any atom is -0.490 e. The highest BCUT2D eigenvalue weighted by Gasteiger charge is 2.02. The van der Waals surface area contributed by atoms with E-state index in [4.69, 9.17) is 15.6 Å². The maximum Gasteiger partial charge on any atom is 0.233 e. The van der Waals surface area contributed by atoms with Gasteiger partial charge in [-0.15, -0.1) is 0 Å². The van der Waals surface area contributed by atoms with Crippen LogP contribution in [0.3, 0.4) is 0 Å². The van der Waals surface area contributed by atoms with Crippen LogP contribution in [0.15, 0.2) is 24.3 Å². The summed E-state index contributed by atoms with van der Waals surface area (Å²) in [7, 11) is 0. The fraction of sp³-hybridized carbons (Fsp3) is 0.222. The number of aliphatic hydroxyl groups excluding tert-OH is 1. The Kier molecular flexibility index (Phi) is 3.28. The van der Waals surface area contributed by atoms with Crippen LogP contribution >= 0.6 is 0 Å². The number of aliphatic hydroxyl groups is 1. The normalized spacial score (nSPS) is 12.1. The summed E-state index contributed by atoms with van der Waals surface area (Å²) in [5, 5.41) is 8.80. The molecule has 0 saturated heterocycles. The van der Waals surface area contributed by atoms with Gasteiger partial charge in [0.1, 0.15) is 12.4 Å². The molecule has 1 unspecified atom stereocenters. The first-order valence-corrected chi connectivity index (χ1v) is 3.76. The van der Waals surface area contributed by atoms with Crippen molar-refractivity contribution in [2.75, 3.05) is 12.3 Å². The molecule has 0 aromatic heterocycles. The lowest BCUT2D eigenvalue weighted by Crippen LogP contribution is -2.18. The molecule has 1 atom stereocenters. The lowest BCUT2D eigenvalue weighted by Gasteiger charge is -2.06. The number of nitrogens with two attached hydrogens (primary N) is 1. The molecule has 1 aromatic carbocycles. The third-order valence-electron chi connectivity index (χ3n) is 1.42. The van der Waals surface area contributed by atoms with Gasteiger partial charge in [-0.05, 0) is 24.3 Å². The van der Waals surface area contributed by atoms with Gasteiger partial charge in [-0.2, -0.15) is 0 Å². The Morgan fingerprint density at radius 3 is 2.62 bits per heavy atom. The molecule has 0 bridgehead atoms. The molecular formula is C9H10NO3. The number of rotatable bonds is 4. The molecule has 3 N–H and O–H groups in total. The molecule has 1 rings (SSSR count). The Labute approximate surface area is 75.9 Å². The van der Waals surface area contributed by atoms with Gasteiger partial charge in [-0.1, -0.05) is 0 Å². The van der Waals surface area contributed by atoms with Crippen molar-refractivity contribution in [3.05, 3.63) is 24.3 Å². The Morgan fingerprint density at radius 1 is 1.46 bits per heavy atom. The molecule has 4 heteroatoms. The lowest BCUT2D eigenvalue weighted by atomic mass is 10.3. The van der Waals surface area contributed by atoms with Crippen molar-refractivity contribution in [3.8, 4) is 5.75 Å². The molecule has 0 amide bonds. The predicted molar refractivity (Wildman–Crippen MR) is 48.0 cm³/mol. The number of carbonyl (C=O) groups excluding carboxylic acids is 1. The van der Waals surface area contributed by atoms with Crippen LogP contribution in [0.5, 0.6) is 5.75 Å². The van der Waals surface area contributed by atoms with Crippen molar-refractivity contribution < 1.29 is 14.6 Å². The largest absolute Gasteiger partial charge is 0.490 e. The average Bonchev–Trinajstić information content (AvgIpc) is 2.16. The number of hydrogen-bond donors (Lipinski definition) is 2. The van der Waals surface area contributed by atoms with Crippen LogP contribution < -0.4 is 10.5 Å². The highest BCUT2D eigenvalue weighted by molar-refractivity contribution is 5.56. The molecule has 0 spiro atoms. The average molecular weight is 180 g/mol. The van der Waals surface area contributed by atoms with Crippen LogP contribution in [0.25, 0.3) is 0 Å². The second kappa shape index (κ2) is 4.47. The number of ether oxygens (including phenoxy) is 1. The highest BCUT2D eigenvalue weighted by Crippen LogP contribution is 2.12. The third kappa shape index (κ3) is 3.13. The first-order valence-electron chi connectivity index (χ1n) is 3.76. The minimum absolute atomic E-state index is 0.0899. The van der Waals surface area contributed by atoms with Crippen molar-refractivity contribution in [2.24, 2.45) is 0 Å². The zero-order chi connectivity index (χ0) is 9.68. The van der Waals surface area contributed by atoms with Crippen molar-refractivity contribution in [1.29, 1.82) is 0 Å². The van der Waals surface area contributed by atoms with Crippen molar-refractivity contribution in [1.82, 2.24) is 0 Å². The molecule has 0 saturated carbocycles. The summed E-state index contributed by atoms with van der Waals surface area (Å²) in [4.78, 5) is 9.91. The van der Waals surface area contributed by atoms with Crippen LogP contribution in [0.1, 0.15) is 0 Å². The molecule has 4 nitrogen and oxygen atoms in total. The Balaban J connectivity index is 2.45. The molecule has 69 valence electrons. The summed E-state index contributed by atoms with van der Waals surface area (Å²) >= 11 is 0. The molecule has 0 aliphatic carbocycles. The maximum atomic E-state index is 9.91. The smallest absolute Gasteiger partial charge is 0.233 e. The molecule has 0 fully saturated rings. The predicted octanol–water partition coefficient (Wildman–Crippen LogP) is 0.118. The summed E-state index contributed by atoms with van der Waals surface area (Å²) in [5.41, 5.74) is 6.08. The highest BCUT2D eigenvalue weighted by atomic mass is 16.5. The first-order chi connectivity index (χ1) is 6.22. The van der Waals surface area contributed by atoms with Gasteiger partial charge >= 0.3 is 0 Å². The van der Waals surface area contributed by atoms with Crippen molar-refractivity contribution >= 4 is 12.0 Å². The Hall–Kier alpha value is -1.55. The van der Waals surface area contributed by atoms with Gasteiger partial charge in [0.25, 0.3) is 0 Å². The van der Waals surface area contributed by atoms with Gasteiger partial charge < -0.3 is 15.6 Å². The summed E-state index contributed by atoms with van der Waals surface area (Å²) < 4.78 is 5.05.